The number of aromatic hydroxyl groups is 1. The Hall–Kier alpha value is -3.35. The Kier molecular flexibility index (Phi) is 9.73. The number of piperidine rings is 1. The molecule has 1 aliphatic heterocycles. The summed E-state index contributed by atoms with van der Waals surface area (Å²) in [5, 5.41) is 23.8. The van der Waals surface area contributed by atoms with Crippen LogP contribution in [-0.2, 0) is 19.7 Å². The molecule has 0 aliphatic carbocycles. The molecule has 1 saturated heterocycles. The number of amides is 1. The Morgan fingerprint density at radius 1 is 1.14 bits per heavy atom. The lowest BCUT2D eigenvalue weighted by molar-refractivity contribution is -0.149. The van der Waals surface area contributed by atoms with Gasteiger partial charge in [-0.1, -0.05) is 13.0 Å². The topological polar surface area (TPSA) is 157 Å². The largest absolute Gasteiger partial charge is 0.506 e. The SMILES string of the molecule is CCCC(=O)ONC(=O)c1ccc(N2CCC(NC[C@H](O)c3ccc(O)c(NS(C)(=O)=O)c3)CC2)cc1. The van der Waals surface area contributed by atoms with Crippen LogP contribution in [0, 0.1) is 0 Å². The number of aliphatic hydroxyl groups is 1. The highest BCUT2D eigenvalue weighted by Gasteiger charge is 2.21. The van der Waals surface area contributed by atoms with Crippen LogP contribution in [-0.4, -0.2) is 62.4 Å². The maximum Gasteiger partial charge on any atom is 0.332 e. The van der Waals surface area contributed by atoms with Gasteiger partial charge >= 0.3 is 5.97 Å². The first-order chi connectivity index (χ1) is 17.6. The third-order valence-corrected chi connectivity index (χ3v) is 6.59. The Labute approximate surface area is 216 Å². The van der Waals surface area contributed by atoms with Gasteiger partial charge in [0.2, 0.25) is 10.0 Å². The van der Waals surface area contributed by atoms with Crippen molar-refractivity contribution in [1.82, 2.24) is 10.8 Å². The number of hydroxylamine groups is 1. The third kappa shape index (κ3) is 8.62. The number of phenols is 1. The second-order valence-electron chi connectivity index (χ2n) is 9.04. The summed E-state index contributed by atoms with van der Waals surface area (Å²) in [5.74, 6) is -1.18. The molecule has 1 aliphatic rings. The summed E-state index contributed by atoms with van der Waals surface area (Å²) in [5.41, 5.74) is 4.04. The summed E-state index contributed by atoms with van der Waals surface area (Å²) in [4.78, 5) is 30.5. The summed E-state index contributed by atoms with van der Waals surface area (Å²) >= 11 is 0. The lowest BCUT2D eigenvalue weighted by Crippen LogP contribution is -2.43. The Morgan fingerprint density at radius 2 is 1.81 bits per heavy atom. The van der Waals surface area contributed by atoms with Gasteiger partial charge in [0.05, 0.1) is 18.0 Å². The van der Waals surface area contributed by atoms with E-state index in [-0.39, 0.29) is 30.4 Å². The van der Waals surface area contributed by atoms with Crippen LogP contribution in [0.2, 0.25) is 0 Å². The van der Waals surface area contributed by atoms with Crippen molar-refractivity contribution in [1.29, 1.82) is 0 Å². The Bertz CT molecular complexity index is 1180. The van der Waals surface area contributed by atoms with Gasteiger partial charge in [0.1, 0.15) is 5.75 Å². The van der Waals surface area contributed by atoms with E-state index in [0.29, 0.717) is 17.5 Å². The summed E-state index contributed by atoms with van der Waals surface area (Å²) in [6, 6.07) is 11.6. The molecule has 37 heavy (non-hydrogen) atoms. The molecule has 12 heteroatoms. The predicted molar refractivity (Wildman–Crippen MR) is 140 cm³/mol. The monoisotopic (exact) mass is 534 g/mol. The zero-order valence-electron chi connectivity index (χ0n) is 20.9. The van der Waals surface area contributed by atoms with Crippen LogP contribution >= 0.6 is 0 Å². The van der Waals surface area contributed by atoms with Gasteiger partial charge in [0, 0.05) is 43.3 Å². The van der Waals surface area contributed by atoms with Crippen LogP contribution in [0.25, 0.3) is 0 Å². The van der Waals surface area contributed by atoms with Crippen molar-refractivity contribution < 1.29 is 33.1 Å². The van der Waals surface area contributed by atoms with Gasteiger partial charge in [-0.2, -0.15) is 5.48 Å². The van der Waals surface area contributed by atoms with Crippen LogP contribution in [0.15, 0.2) is 42.5 Å². The zero-order chi connectivity index (χ0) is 27.0. The quantitative estimate of drug-likeness (QED) is 0.227. The molecule has 1 amide bonds. The first-order valence-electron chi connectivity index (χ1n) is 12.1. The van der Waals surface area contributed by atoms with Crippen LogP contribution in [0.5, 0.6) is 5.75 Å². The number of rotatable bonds is 10. The minimum atomic E-state index is -3.56. The molecule has 1 atom stereocenters. The highest BCUT2D eigenvalue weighted by molar-refractivity contribution is 7.92. The lowest BCUT2D eigenvalue weighted by atomic mass is 10.0. The number of sulfonamides is 1. The molecular formula is C25H34N4O7S. The molecule has 202 valence electrons. The fourth-order valence-corrected chi connectivity index (χ4v) is 4.58. The molecule has 3 rings (SSSR count). The van der Waals surface area contributed by atoms with E-state index in [0.717, 1.165) is 37.9 Å². The lowest BCUT2D eigenvalue weighted by Gasteiger charge is -2.34. The van der Waals surface area contributed by atoms with E-state index in [1.54, 1.807) is 18.2 Å². The van der Waals surface area contributed by atoms with E-state index in [9.17, 15) is 28.2 Å². The molecular weight excluding hydrogens is 500 g/mol. The normalized spacial score (nSPS) is 15.2. The number of aliphatic hydroxyl groups excluding tert-OH is 1. The smallest absolute Gasteiger partial charge is 0.332 e. The molecule has 0 radical (unpaired) electrons. The number of hydrogen-bond donors (Lipinski definition) is 5. The second-order valence-corrected chi connectivity index (χ2v) is 10.8. The van der Waals surface area contributed by atoms with E-state index in [1.165, 1.54) is 12.1 Å². The number of carbonyl (C=O) groups excluding carboxylic acids is 2. The van der Waals surface area contributed by atoms with Crippen molar-refractivity contribution in [2.75, 3.05) is 35.5 Å². The highest BCUT2D eigenvalue weighted by Crippen LogP contribution is 2.28. The van der Waals surface area contributed by atoms with Gasteiger partial charge in [-0.25, -0.2) is 13.2 Å². The summed E-state index contributed by atoms with van der Waals surface area (Å²) in [6.07, 6.45) is 2.68. The molecule has 0 unspecified atom stereocenters. The van der Waals surface area contributed by atoms with Crippen LogP contribution < -0.4 is 20.4 Å². The van der Waals surface area contributed by atoms with Gasteiger partial charge < -0.3 is 25.3 Å². The Morgan fingerprint density at radius 3 is 2.43 bits per heavy atom. The van der Waals surface area contributed by atoms with Crippen molar-refractivity contribution in [2.45, 2.75) is 44.8 Å². The molecule has 5 N–H and O–H groups in total. The fraction of sp³-hybridized carbons (Fsp3) is 0.440. The molecule has 0 aromatic heterocycles. The standard InChI is InChI=1S/C25H34N4O7S/c1-3-4-24(32)36-27-25(33)17-5-8-20(9-6-17)29-13-11-19(12-14-29)26-16-23(31)18-7-10-22(30)21(15-18)28-37(2,34)35/h5-10,15,19,23,26,28,30-31H,3-4,11-14,16H2,1-2H3,(H,27,33)/t23-/m0/s1. The van der Waals surface area contributed by atoms with Crippen LogP contribution in [0.1, 0.15) is 54.6 Å². The third-order valence-electron chi connectivity index (χ3n) is 6.00. The average Bonchev–Trinajstić information content (AvgIpc) is 2.87. The van der Waals surface area contributed by atoms with E-state index >= 15 is 0 Å². The molecule has 2 aromatic carbocycles. The van der Waals surface area contributed by atoms with Crippen molar-refractivity contribution in [3.63, 3.8) is 0 Å². The molecule has 1 heterocycles. The number of hydrogen-bond acceptors (Lipinski definition) is 9. The highest BCUT2D eigenvalue weighted by atomic mass is 32.2. The molecule has 0 bridgehead atoms. The van der Waals surface area contributed by atoms with Gasteiger partial charge in [-0.3, -0.25) is 9.52 Å². The van der Waals surface area contributed by atoms with E-state index in [2.05, 4.69) is 20.4 Å². The summed E-state index contributed by atoms with van der Waals surface area (Å²) < 4.78 is 25.2. The van der Waals surface area contributed by atoms with E-state index in [1.807, 2.05) is 19.1 Å². The van der Waals surface area contributed by atoms with E-state index < -0.39 is 28.0 Å². The van der Waals surface area contributed by atoms with Gasteiger partial charge in [-0.15, -0.1) is 0 Å². The molecule has 2 aromatic rings. The predicted octanol–water partition coefficient (Wildman–Crippen LogP) is 2.04. The zero-order valence-corrected chi connectivity index (χ0v) is 21.8. The molecule has 1 fully saturated rings. The van der Waals surface area contributed by atoms with Crippen molar-refractivity contribution >= 4 is 33.3 Å². The maximum atomic E-state index is 12.1. The number of nitrogens with zero attached hydrogens (tertiary/aromatic N) is 1. The minimum absolute atomic E-state index is 0.0216. The fourth-order valence-electron chi connectivity index (χ4n) is 4.02. The van der Waals surface area contributed by atoms with Gasteiger partial charge in [0.15, 0.2) is 0 Å². The summed E-state index contributed by atoms with van der Waals surface area (Å²) in [6.45, 7) is 3.70. The van der Waals surface area contributed by atoms with Crippen molar-refractivity contribution in [3.05, 3.63) is 53.6 Å². The van der Waals surface area contributed by atoms with E-state index in [4.69, 9.17) is 4.84 Å². The van der Waals surface area contributed by atoms with Crippen molar-refractivity contribution in [2.24, 2.45) is 0 Å². The maximum absolute atomic E-state index is 12.1. The molecule has 0 spiro atoms. The van der Waals surface area contributed by atoms with Crippen LogP contribution in [0.3, 0.4) is 0 Å². The minimum Gasteiger partial charge on any atom is -0.506 e. The molecule has 0 saturated carbocycles. The number of phenolic OH excluding ortho intramolecular Hbond substituents is 1. The first-order valence-corrected chi connectivity index (χ1v) is 14.0. The number of benzene rings is 2. The van der Waals surface area contributed by atoms with Gasteiger partial charge in [-0.05, 0) is 61.2 Å². The Balaban J connectivity index is 1.46. The first kappa shape index (κ1) is 28.2. The summed E-state index contributed by atoms with van der Waals surface area (Å²) in [7, 11) is -3.56. The van der Waals surface area contributed by atoms with Crippen LogP contribution in [0.4, 0.5) is 11.4 Å². The average molecular weight is 535 g/mol. The van der Waals surface area contributed by atoms with Crippen molar-refractivity contribution in [3.8, 4) is 5.75 Å². The number of nitrogens with one attached hydrogen (secondary N) is 3. The number of anilines is 2. The molecule has 11 nitrogen and oxygen atoms in total. The van der Waals surface area contributed by atoms with Gasteiger partial charge in [0.25, 0.3) is 5.91 Å². The second kappa shape index (κ2) is 12.7. The number of carbonyl (C=O) groups is 2.